The number of carbonyl (C=O) groups is 1. The van der Waals surface area contributed by atoms with E-state index in [1.54, 1.807) is 38.9 Å². The molecule has 4 rings (SSSR count). The second kappa shape index (κ2) is 7.84. The van der Waals surface area contributed by atoms with E-state index in [0.717, 1.165) is 11.6 Å². The molecule has 3 aromatic heterocycles. The van der Waals surface area contributed by atoms with Crippen molar-refractivity contribution in [2.45, 2.75) is 6.42 Å². The topological polar surface area (TPSA) is 61.9 Å². The monoisotopic (exact) mass is 426 g/mol. The smallest absolute Gasteiger partial charge is 0.226 e. The fraction of sp³-hybridized carbons (Fsp3) is 0.136. The van der Waals surface area contributed by atoms with E-state index in [-0.39, 0.29) is 17.9 Å². The largest absolute Gasteiger partial charge is 0.349 e. The number of benzene rings is 1. The number of amides is 1. The molecule has 3 heterocycles. The summed E-state index contributed by atoms with van der Waals surface area (Å²) in [6, 6.07) is 5.80. The lowest BCUT2D eigenvalue weighted by Crippen LogP contribution is -2.23. The van der Waals surface area contributed by atoms with Crippen molar-refractivity contribution in [2.75, 3.05) is 14.1 Å². The number of carbonyl (C=O) groups excluding carboxylic acids is 1. The normalized spacial score (nSPS) is 11.1. The minimum Gasteiger partial charge on any atom is -0.349 e. The molecule has 0 radical (unpaired) electrons. The first kappa shape index (κ1) is 20.0. The summed E-state index contributed by atoms with van der Waals surface area (Å²) >= 11 is 6.69. The van der Waals surface area contributed by atoms with Crippen molar-refractivity contribution in [3.05, 3.63) is 71.3 Å². The molecule has 1 aromatic carbocycles. The van der Waals surface area contributed by atoms with Gasteiger partial charge < -0.3 is 9.88 Å². The Morgan fingerprint density at radius 1 is 1.13 bits per heavy atom. The summed E-state index contributed by atoms with van der Waals surface area (Å²) in [6.45, 7) is 0. The Balaban J connectivity index is 1.83. The number of aromatic nitrogens is 3. The molecule has 0 aliphatic rings. The number of nitrogens with one attached hydrogen (secondary N) is 1. The number of H-pyrrole nitrogens is 1. The highest BCUT2D eigenvalue weighted by molar-refractivity contribution is 6.39. The summed E-state index contributed by atoms with van der Waals surface area (Å²) < 4.78 is 28.1. The molecule has 0 bridgehead atoms. The Hall–Kier alpha value is -3.32. The van der Waals surface area contributed by atoms with E-state index >= 15 is 0 Å². The zero-order chi connectivity index (χ0) is 21.4. The van der Waals surface area contributed by atoms with Gasteiger partial charge in [-0.15, -0.1) is 0 Å². The number of fused-ring (bicyclic) bond motifs is 1. The zero-order valence-electron chi connectivity index (χ0n) is 16.2. The number of rotatable bonds is 4. The molecule has 1 N–H and O–H groups in total. The average Bonchev–Trinajstić information content (AvgIpc) is 3.15. The summed E-state index contributed by atoms with van der Waals surface area (Å²) in [5.74, 6) is -1.95. The van der Waals surface area contributed by atoms with Crippen molar-refractivity contribution in [2.24, 2.45) is 0 Å². The summed E-state index contributed by atoms with van der Waals surface area (Å²) in [7, 11) is 3.38. The van der Waals surface area contributed by atoms with Crippen LogP contribution in [0.1, 0.15) is 5.56 Å². The van der Waals surface area contributed by atoms with Crippen LogP contribution in [0.3, 0.4) is 0 Å². The van der Waals surface area contributed by atoms with Gasteiger partial charge in [-0.1, -0.05) is 23.7 Å². The predicted octanol–water partition coefficient (Wildman–Crippen LogP) is 4.85. The van der Waals surface area contributed by atoms with E-state index in [1.807, 2.05) is 6.07 Å². The molecule has 0 spiro atoms. The highest BCUT2D eigenvalue weighted by Gasteiger charge is 2.19. The lowest BCUT2D eigenvalue weighted by molar-refractivity contribution is -0.127. The van der Waals surface area contributed by atoms with Crippen molar-refractivity contribution in [3.63, 3.8) is 0 Å². The lowest BCUT2D eigenvalue weighted by atomic mass is 10.0. The van der Waals surface area contributed by atoms with Gasteiger partial charge in [0.15, 0.2) is 11.6 Å². The fourth-order valence-electron chi connectivity index (χ4n) is 3.25. The highest BCUT2D eigenvalue weighted by Crippen LogP contribution is 2.39. The third kappa shape index (κ3) is 3.52. The van der Waals surface area contributed by atoms with Crippen molar-refractivity contribution < 1.29 is 13.6 Å². The van der Waals surface area contributed by atoms with Gasteiger partial charge in [0.1, 0.15) is 5.65 Å². The standard InChI is InChI=1S/C22H17ClF2N4O/c1-29(2)18(30)7-12-6-13(9-26-8-12)15-10-27-22-19(20(15)23)16(11-28-22)14-4-3-5-17(24)21(14)25/h3-6,8-11H,7H2,1-2H3,(H,27,28). The Morgan fingerprint density at radius 3 is 2.70 bits per heavy atom. The number of pyridine rings is 2. The van der Waals surface area contributed by atoms with Gasteiger partial charge in [0.25, 0.3) is 0 Å². The third-order valence-electron chi connectivity index (χ3n) is 4.84. The van der Waals surface area contributed by atoms with Crippen LogP contribution in [0, 0.1) is 11.6 Å². The van der Waals surface area contributed by atoms with Crippen LogP contribution in [0.2, 0.25) is 5.02 Å². The number of halogens is 3. The van der Waals surface area contributed by atoms with Crippen LogP contribution in [0.5, 0.6) is 0 Å². The molecule has 30 heavy (non-hydrogen) atoms. The van der Waals surface area contributed by atoms with Gasteiger partial charge in [0.2, 0.25) is 5.91 Å². The van der Waals surface area contributed by atoms with Crippen molar-refractivity contribution >= 4 is 28.5 Å². The molecule has 4 aromatic rings. The van der Waals surface area contributed by atoms with Crippen LogP contribution >= 0.6 is 11.6 Å². The number of hydrogen-bond donors (Lipinski definition) is 1. The highest BCUT2D eigenvalue weighted by atomic mass is 35.5. The molecule has 0 fully saturated rings. The Morgan fingerprint density at radius 2 is 1.93 bits per heavy atom. The lowest BCUT2D eigenvalue weighted by Gasteiger charge is -2.11. The molecule has 0 saturated carbocycles. The molecule has 0 aliphatic carbocycles. The summed E-state index contributed by atoms with van der Waals surface area (Å²) in [6.07, 6.45) is 6.57. The molecule has 0 atom stereocenters. The molecule has 0 unspecified atom stereocenters. The molecule has 152 valence electrons. The van der Waals surface area contributed by atoms with Crippen LogP contribution in [0.15, 0.2) is 49.1 Å². The molecule has 5 nitrogen and oxygen atoms in total. The quantitative estimate of drug-likeness (QED) is 0.507. The third-order valence-corrected chi connectivity index (χ3v) is 5.23. The maximum Gasteiger partial charge on any atom is 0.226 e. The van der Waals surface area contributed by atoms with Gasteiger partial charge in [-0.3, -0.25) is 9.78 Å². The van der Waals surface area contributed by atoms with Crippen LogP contribution in [-0.2, 0) is 11.2 Å². The van der Waals surface area contributed by atoms with Crippen LogP contribution in [-0.4, -0.2) is 39.9 Å². The zero-order valence-corrected chi connectivity index (χ0v) is 17.0. The van der Waals surface area contributed by atoms with E-state index in [9.17, 15) is 13.6 Å². The number of aromatic amines is 1. The van der Waals surface area contributed by atoms with E-state index in [1.165, 1.54) is 17.0 Å². The number of nitrogens with zero attached hydrogens (tertiary/aromatic N) is 3. The average molecular weight is 427 g/mol. The van der Waals surface area contributed by atoms with E-state index in [2.05, 4.69) is 15.0 Å². The van der Waals surface area contributed by atoms with Crippen LogP contribution in [0.25, 0.3) is 33.3 Å². The Labute approximate surface area is 176 Å². The van der Waals surface area contributed by atoms with Gasteiger partial charge in [-0.05, 0) is 17.7 Å². The number of likely N-dealkylation sites (N-methyl/N-ethyl adjacent to an activating group) is 1. The van der Waals surface area contributed by atoms with Crippen LogP contribution < -0.4 is 0 Å². The maximum absolute atomic E-state index is 14.4. The minimum absolute atomic E-state index is 0.0527. The Bertz CT molecular complexity index is 1270. The summed E-state index contributed by atoms with van der Waals surface area (Å²) in [4.78, 5) is 25.1. The second-order valence-electron chi connectivity index (χ2n) is 7.06. The van der Waals surface area contributed by atoms with Gasteiger partial charge in [0, 0.05) is 66.5 Å². The van der Waals surface area contributed by atoms with Gasteiger partial charge in [0.05, 0.1) is 11.4 Å². The van der Waals surface area contributed by atoms with Crippen molar-refractivity contribution in [1.29, 1.82) is 0 Å². The van der Waals surface area contributed by atoms with Gasteiger partial charge in [-0.25, -0.2) is 13.8 Å². The molecule has 1 amide bonds. The maximum atomic E-state index is 14.4. The van der Waals surface area contributed by atoms with Crippen LogP contribution in [0.4, 0.5) is 8.78 Å². The molecule has 0 saturated heterocycles. The van der Waals surface area contributed by atoms with E-state index in [4.69, 9.17) is 11.6 Å². The van der Waals surface area contributed by atoms with Gasteiger partial charge >= 0.3 is 0 Å². The van der Waals surface area contributed by atoms with Crippen molar-refractivity contribution in [3.8, 4) is 22.3 Å². The Kier molecular flexibility index (Phi) is 5.22. The fourth-order valence-corrected chi connectivity index (χ4v) is 3.60. The minimum atomic E-state index is -0.953. The first-order valence-electron chi connectivity index (χ1n) is 9.11. The second-order valence-corrected chi connectivity index (χ2v) is 7.44. The van der Waals surface area contributed by atoms with Crippen molar-refractivity contribution in [1.82, 2.24) is 19.9 Å². The molecular formula is C22H17ClF2N4O. The molecular weight excluding hydrogens is 410 g/mol. The first-order valence-corrected chi connectivity index (χ1v) is 9.49. The predicted molar refractivity (Wildman–Crippen MR) is 112 cm³/mol. The van der Waals surface area contributed by atoms with E-state index in [0.29, 0.717) is 32.7 Å². The molecule has 8 heteroatoms. The summed E-state index contributed by atoms with van der Waals surface area (Å²) in [5, 5.41) is 0.811. The summed E-state index contributed by atoms with van der Waals surface area (Å²) in [5.41, 5.74) is 2.93. The van der Waals surface area contributed by atoms with E-state index < -0.39 is 11.6 Å². The van der Waals surface area contributed by atoms with Gasteiger partial charge in [-0.2, -0.15) is 0 Å². The SMILES string of the molecule is CN(C)C(=O)Cc1cncc(-c2cnc3[nH]cc(-c4cccc(F)c4F)c3c2Cl)c1. The molecule has 0 aliphatic heterocycles. The first-order chi connectivity index (χ1) is 14.4. The number of hydrogen-bond acceptors (Lipinski definition) is 3.